The minimum Gasteiger partial charge on any atom is -0.504 e. The van der Waals surface area contributed by atoms with Crippen LogP contribution in [0.3, 0.4) is 0 Å². The monoisotopic (exact) mass is 488 g/mol. The van der Waals surface area contributed by atoms with Gasteiger partial charge >= 0.3 is 0 Å². The lowest BCUT2D eigenvalue weighted by Gasteiger charge is -2.18. The van der Waals surface area contributed by atoms with Gasteiger partial charge in [0.2, 0.25) is 0 Å². The number of ketones is 1. The van der Waals surface area contributed by atoms with E-state index in [1.54, 1.807) is 12.1 Å². The van der Waals surface area contributed by atoms with Crippen LogP contribution in [0.25, 0.3) is 0 Å². The van der Waals surface area contributed by atoms with Crippen LogP contribution in [0, 0.1) is 0 Å². The lowest BCUT2D eigenvalue weighted by molar-refractivity contribution is -0.121. The van der Waals surface area contributed by atoms with Crippen LogP contribution < -0.4 is 4.74 Å². The maximum atomic E-state index is 12.3. The quantitative estimate of drug-likeness (QED) is 0.351. The maximum absolute atomic E-state index is 12.3. The SMILES string of the molecule is CCCCCC(O)CC(=O)CCc1ccc(O)c(OCN2C=C3N=CC(Cc4ccccc4)=C3C2)c1. The van der Waals surface area contributed by atoms with Gasteiger partial charge < -0.3 is 19.8 Å². The van der Waals surface area contributed by atoms with Gasteiger partial charge in [0.05, 0.1) is 11.8 Å². The first-order valence-corrected chi connectivity index (χ1v) is 12.9. The molecule has 0 spiro atoms. The van der Waals surface area contributed by atoms with E-state index >= 15 is 0 Å². The van der Waals surface area contributed by atoms with Gasteiger partial charge in [0.15, 0.2) is 18.2 Å². The zero-order valence-corrected chi connectivity index (χ0v) is 21.0. The van der Waals surface area contributed by atoms with Crippen LogP contribution in [-0.2, 0) is 17.6 Å². The molecule has 2 heterocycles. The molecule has 0 saturated heterocycles. The zero-order chi connectivity index (χ0) is 25.3. The first-order valence-electron chi connectivity index (χ1n) is 12.9. The van der Waals surface area contributed by atoms with Crippen LogP contribution in [0.1, 0.15) is 56.6 Å². The number of aliphatic hydroxyl groups is 1. The van der Waals surface area contributed by atoms with Gasteiger partial charge in [-0.05, 0) is 48.1 Å². The Kier molecular flexibility index (Phi) is 8.95. The second-order valence-electron chi connectivity index (χ2n) is 9.65. The maximum Gasteiger partial charge on any atom is 0.163 e. The minimum atomic E-state index is -0.551. The molecule has 2 aliphatic rings. The number of allylic oxidation sites excluding steroid dienone is 1. The lowest BCUT2D eigenvalue weighted by atomic mass is 10.0. The third kappa shape index (κ3) is 7.08. The van der Waals surface area contributed by atoms with Gasteiger partial charge in [0.25, 0.3) is 0 Å². The lowest BCUT2D eigenvalue weighted by Crippen LogP contribution is -2.21. The highest BCUT2D eigenvalue weighted by Crippen LogP contribution is 2.32. The highest BCUT2D eigenvalue weighted by Gasteiger charge is 2.25. The highest BCUT2D eigenvalue weighted by molar-refractivity contribution is 5.87. The first kappa shape index (κ1) is 25.7. The average molecular weight is 489 g/mol. The van der Waals surface area contributed by atoms with Crippen molar-refractivity contribution < 1.29 is 19.7 Å². The number of aromatic hydroxyl groups is 1. The van der Waals surface area contributed by atoms with E-state index in [0.717, 1.165) is 36.9 Å². The summed E-state index contributed by atoms with van der Waals surface area (Å²) in [5, 5.41) is 20.3. The van der Waals surface area contributed by atoms with Crippen molar-refractivity contribution in [3.05, 3.63) is 82.7 Å². The van der Waals surface area contributed by atoms with Gasteiger partial charge in [-0.2, -0.15) is 0 Å². The summed E-state index contributed by atoms with van der Waals surface area (Å²) in [7, 11) is 0. The number of hydrogen-bond donors (Lipinski definition) is 2. The van der Waals surface area contributed by atoms with Crippen molar-refractivity contribution in [3.63, 3.8) is 0 Å². The second kappa shape index (κ2) is 12.5. The summed E-state index contributed by atoms with van der Waals surface area (Å²) in [6.07, 6.45) is 9.18. The molecule has 36 heavy (non-hydrogen) atoms. The fraction of sp³-hybridized carbons (Fsp3) is 0.400. The van der Waals surface area contributed by atoms with Crippen LogP contribution in [0.2, 0.25) is 0 Å². The molecule has 190 valence electrons. The number of ether oxygens (including phenoxy) is 1. The van der Waals surface area contributed by atoms with Crippen molar-refractivity contribution in [2.24, 2.45) is 4.99 Å². The van der Waals surface area contributed by atoms with E-state index in [0.29, 0.717) is 38.3 Å². The molecule has 0 amide bonds. The number of aliphatic imine (C=N–C) groups is 1. The fourth-order valence-corrected chi connectivity index (χ4v) is 4.60. The smallest absolute Gasteiger partial charge is 0.163 e. The van der Waals surface area contributed by atoms with E-state index in [9.17, 15) is 15.0 Å². The summed E-state index contributed by atoms with van der Waals surface area (Å²) >= 11 is 0. The number of aliphatic hydroxyl groups excluding tert-OH is 1. The Hall–Kier alpha value is -3.38. The van der Waals surface area contributed by atoms with E-state index in [2.05, 4.69) is 24.0 Å². The highest BCUT2D eigenvalue weighted by atomic mass is 16.5. The van der Waals surface area contributed by atoms with Gasteiger partial charge in [-0.25, -0.2) is 0 Å². The molecule has 2 aliphatic heterocycles. The van der Waals surface area contributed by atoms with Gasteiger partial charge in [-0.15, -0.1) is 0 Å². The number of phenols is 1. The molecule has 6 heteroatoms. The molecule has 0 saturated carbocycles. The number of carbonyl (C=O) groups excluding carboxylic acids is 1. The molecule has 0 radical (unpaired) electrons. The van der Waals surface area contributed by atoms with Crippen molar-refractivity contribution in [2.75, 3.05) is 13.3 Å². The molecule has 1 atom stereocenters. The van der Waals surface area contributed by atoms with Crippen LogP contribution in [0.15, 0.2) is 76.6 Å². The summed E-state index contributed by atoms with van der Waals surface area (Å²) in [6, 6.07) is 15.6. The number of unbranched alkanes of at least 4 members (excludes halogenated alkanes) is 2. The minimum absolute atomic E-state index is 0.0601. The summed E-state index contributed by atoms with van der Waals surface area (Å²) in [6.45, 7) is 3.13. The Labute approximate surface area is 213 Å². The largest absolute Gasteiger partial charge is 0.504 e. The van der Waals surface area contributed by atoms with Gasteiger partial charge in [0.1, 0.15) is 5.78 Å². The van der Waals surface area contributed by atoms with E-state index in [4.69, 9.17) is 4.74 Å². The molecule has 1 unspecified atom stereocenters. The predicted octanol–water partition coefficient (Wildman–Crippen LogP) is 5.34. The van der Waals surface area contributed by atoms with Gasteiger partial charge in [-0.3, -0.25) is 9.79 Å². The van der Waals surface area contributed by atoms with Gasteiger partial charge in [0, 0.05) is 37.4 Å². The van der Waals surface area contributed by atoms with Crippen molar-refractivity contribution >= 4 is 12.0 Å². The molecule has 2 aromatic carbocycles. The van der Waals surface area contributed by atoms with Crippen LogP contribution in [0.5, 0.6) is 11.5 Å². The summed E-state index contributed by atoms with van der Waals surface area (Å²) in [5.41, 5.74) is 5.59. The number of aryl methyl sites for hydroxylation is 1. The van der Waals surface area contributed by atoms with E-state index < -0.39 is 6.10 Å². The van der Waals surface area contributed by atoms with E-state index in [1.807, 2.05) is 41.6 Å². The standard InChI is InChI=1S/C30H36N2O4/c1-2-3-5-10-25(33)17-26(34)13-11-23-12-14-29(35)30(16-23)36-21-32-19-27-24(18-31-28(27)20-32)15-22-8-6-4-7-9-22/h4,6-9,12,14,16,18,20,25,33,35H,2-3,5,10-11,13,15,17,19,21H2,1H3. The van der Waals surface area contributed by atoms with Crippen molar-refractivity contribution in [2.45, 2.75) is 64.4 Å². The number of phenolic OH excluding ortho intramolecular Hbond substituents is 1. The zero-order valence-electron chi connectivity index (χ0n) is 21.0. The number of benzene rings is 2. The molecule has 4 rings (SSSR count). The number of rotatable bonds is 14. The van der Waals surface area contributed by atoms with Gasteiger partial charge in [-0.1, -0.05) is 62.6 Å². The molecule has 0 fully saturated rings. The Morgan fingerprint density at radius 2 is 1.97 bits per heavy atom. The van der Waals surface area contributed by atoms with Crippen molar-refractivity contribution in [1.29, 1.82) is 0 Å². The Bertz CT molecular complexity index is 1140. The molecule has 0 aromatic heterocycles. The molecule has 2 aromatic rings. The molecule has 0 aliphatic carbocycles. The summed E-state index contributed by atoms with van der Waals surface area (Å²) in [4.78, 5) is 18.9. The number of carbonyl (C=O) groups is 1. The van der Waals surface area contributed by atoms with Crippen molar-refractivity contribution in [1.82, 2.24) is 4.90 Å². The summed E-state index contributed by atoms with van der Waals surface area (Å²) in [5.74, 6) is 0.535. The number of Topliss-reactive ketones (excluding diaryl/α,β-unsaturated/α-hetero) is 1. The van der Waals surface area contributed by atoms with E-state index in [1.165, 1.54) is 16.7 Å². The van der Waals surface area contributed by atoms with Crippen LogP contribution in [0.4, 0.5) is 0 Å². The van der Waals surface area contributed by atoms with E-state index in [-0.39, 0.29) is 18.0 Å². The average Bonchev–Trinajstić information content (AvgIpc) is 3.45. The Morgan fingerprint density at radius 1 is 1.14 bits per heavy atom. The van der Waals surface area contributed by atoms with Crippen LogP contribution in [-0.4, -0.2) is 46.5 Å². The molecular weight excluding hydrogens is 452 g/mol. The topological polar surface area (TPSA) is 82.4 Å². The normalized spacial score (nSPS) is 15.3. The number of fused-ring (bicyclic) bond motifs is 1. The second-order valence-corrected chi connectivity index (χ2v) is 9.65. The Balaban J connectivity index is 1.27. The molecule has 0 bridgehead atoms. The third-order valence-corrected chi connectivity index (χ3v) is 6.67. The van der Waals surface area contributed by atoms with Crippen molar-refractivity contribution in [3.8, 4) is 11.5 Å². The molecular formula is C30H36N2O4. The fourth-order valence-electron chi connectivity index (χ4n) is 4.60. The predicted molar refractivity (Wildman–Crippen MR) is 142 cm³/mol. The molecule has 6 nitrogen and oxygen atoms in total. The Morgan fingerprint density at radius 3 is 2.78 bits per heavy atom. The summed E-state index contributed by atoms with van der Waals surface area (Å²) < 4.78 is 5.94. The number of nitrogens with zero attached hydrogens (tertiary/aromatic N) is 2. The first-order chi connectivity index (χ1) is 17.5. The third-order valence-electron chi connectivity index (χ3n) is 6.67. The van der Waals surface area contributed by atoms with Crippen LogP contribution >= 0.6 is 0 Å². The molecule has 2 N–H and O–H groups in total. The number of hydrogen-bond acceptors (Lipinski definition) is 6.